The SMILES string of the molecule is COC(=O)c1ccccc1C#C[Si](C)(C)C(N)(Cl)I. The second-order valence-corrected chi connectivity index (χ2v) is 13.1. The average Bonchev–Trinajstić information content (AvgIpc) is 2.34. The summed E-state index contributed by atoms with van der Waals surface area (Å²) in [6, 6.07) is 7.06. The molecule has 1 unspecified atom stereocenters. The van der Waals surface area contributed by atoms with Crippen LogP contribution in [0, 0.1) is 11.5 Å². The topological polar surface area (TPSA) is 52.3 Å². The molecule has 0 saturated carbocycles. The molecule has 0 aliphatic carbocycles. The Morgan fingerprint density at radius 1 is 1.47 bits per heavy atom. The monoisotopic (exact) mass is 407 g/mol. The van der Waals surface area contributed by atoms with Crippen molar-refractivity contribution in [1.82, 2.24) is 0 Å². The minimum absolute atomic E-state index is 0.399. The fraction of sp³-hybridized carbons (Fsp3) is 0.308. The first kappa shape index (κ1) is 16.5. The molecule has 0 radical (unpaired) electrons. The van der Waals surface area contributed by atoms with E-state index in [1.807, 2.05) is 41.8 Å². The van der Waals surface area contributed by atoms with Gasteiger partial charge in [-0.3, -0.25) is 0 Å². The first-order chi connectivity index (χ1) is 8.69. The van der Waals surface area contributed by atoms with Gasteiger partial charge in [-0.25, -0.2) is 4.79 Å². The molecule has 0 aromatic heterocycles. The van der Waals surface area contributed by atoms with Crippen molar-refractivity contribution in [3.63, 3.8) is 0 Å². The Morgan fingerprint density at radius 3 is 2.58 bits per heavy atom. The minimum Gasteiger partial charge on any atom is -0.465 e. The van der Waals surface area contributed by atoms with Crippen LogP contribution in [0.3, 0.4) is 0 Å². The Morgan fingerprint density at radius 2 is 2.05 bits per heavy atom. The van der Waals surface area contributed by atoms with Crippen molar-refractivity contribution in [2.45, 2.75) is 15.7 Å². The number of esters is 1. The highest BCUT2D eigenvalue weighted by atomic mass is 127. The summed E-state index contributed by atoms with van der Waals surface area (Å²) >= 11 is 8.16. The molecule has 1 aromatic carbocycles. The predicted molar refractivity (Wildman–Crippen MR) is 88.9 cm³/mol. The molecule has 0 bridgehead atoms. The van der Waals surface area contributed by atoms with Crippen LogP contribution in [0.4, 0.5) is 0 Å². The maximum atomic E-state index is 11.6. The summed E-state index contributed by atoms with van der Waals surface area (Å²) in [5, 5.41) is 0. The lowest BCUT2D eigenvalue weighted by Gasteiger charge is -2.26. The lowest BCUT2D eigenvalue weighted by molar-refractivity contribution is 0.0600. The van der Waals surface area contributed by atoms with Crippen molar-refractivity contribution in [3.8, 4) is 11.5 Å². The molecule has 3 nitrogen and oxygen atoms in total. The van der Waals surface area contributed by atoms with Gasteiger partial charge in [0, 0.05) is 5.56 Å². The second-order valence-electron chi connectivity index (χ2n) is 4.54. The van der Waals surface area contributed by atoms with Crippen molar-refractivity contribution in [2.24, 2.45) is 5.73 Å². The molecule has 19 heavy (non-hydrogen) atoms. The first-order valence-corrected chi connectivity index (χ1v) is 10.0. The van der Waals surface area contributed by atoms with E-state index in [-0.39, 0.29) is 0 Å². The van der Waals surface area contributed by atoms with Crippen molar-refractivity contribution < 1.29 is 9.53 Å². The molecule has 0 amide bonds. The number of benzene rings is 1. The smallest absolute Gasteiger partial charge is 0.339 e. The summed E-state index contributed by atoms with van der Waals surface area (Å²) in [7, 11) is -0.792. The average molecular weight is 408 g/mol. The molecule has 0 spiro atoms. The number of hydrogen-bond donors (Lipinski definition) is 1. The van der Waals surface area contributed by atoms with E-state index in [2.05, 4.69) is 11.5 Å². The number of halogens is 2. The molecular formula is C13H15ClINO2Si. The van der Waals surface area contributed by atoms with Crippen LogP contribution < -0.4 is 5.73 Å². The van der Waals surface area contributed by atoms with Gasteiger partial charge in [0.05, 0.1) is 12.7 Å². The van der Waals surface area contributed by atoms with E-state index in [9.17, 15) is 4.79 Å². The van der Waals surface area contributed by atoms with E-state index in [1.54, 1.807) is 18.2 Å². The molecule has 1 rings (SSSR count). The summed E-state index contributed by atoms with van der Waals surface area (Å²) in [6.45, 7) is 3.97. The fourth-order valence-corrected chi connectivity index (χ4v) is 2.35. The van der Waals surface area contributed by atoms with Gasteiger partial charge >= 0.3 is 5.97 Å². The van der Waals surface area contributed by atoms with Gasteiger partial charge in [0.2, 0.25) is 0 Å². The van der Waals surface area contributed by atoms with Crippen LogP contribution >= 0.6 is 34.2 Å². The van der Waals surface area contributed by atoms with Crippen LogP contribution in [0.1, 0.15) is 15.9 Å². The van der Waals surface area contributed by atoms with Crippen LogP contribution in [-0.4, -0.2) is 23.8 Å². The Kier molecular flexibility index (Phi) is 5.44. The number of nitrogens with two attached hydrogens (primary N) is 1. The predicted octanol–water partition coefficient (Wildman–Crippen LogP) is 2.90. The molecule has 1 aromatic rings. The van der Waals surface area contributed by atoms with Gasteiger partial charge in [-0.15, -0.1) is 5.54 Å². The van der Waals surface area contributed by atoms with E-state index >= 15 is 0 Å². The molecule has 6 heteroatoms. The Balaban J connectivity index is 3.19. The van der Waals surface area contributed by atoms with Crippen LogP contribution in [-0.2, 0) is 4.74 Å². The lowest BCUT2D eigenvalue weighted by Crippen LogP contribution is -2.51. The Labute approximate surface area is 133 Å². The zero-order valence-electron chi connectivity index (χ0n) is 11.0. The summed E-state index contributed by atoms with van der Waals surface area (Å²) in [5.74, 6) is 2.62. The third kappa shape index (κ3) is 4.21. The lowest BCUT2D eigenvalue weighted by atomic mass is 10.1. The van der Waals surface area contributed by atoms with Crippen LogP contribution in [0.2, 0.25) is 13.1 Å². The minimum atomic E-state index is -2.14. The highest BCUT2D eigenvalue weighted by molar-refractivity contribution is 14.1. The van der Waals surface area contributed by atoms with Gasteiger partial charge in [0.15, 0.2) is 8.07 Å². The molecule has 0 heterocycles. The summed E-state index contributed by atoms with van der Waals surface area (Å²) in [5.41, 5.74) is 10.2. The maximum Gasteiger partial charge on any atom is 0.339 e. The van der Waals surface area contributed by atoms with Crippen molar-refractivity contribution in [2.75, 3.05) is 7.11 Å². The zero-order valence-corrected chi connectivity index (χ0v) is 14.9. The zero-order chi connectivity index (χ0) is 14.7. The number of methoxy groups -OCH3 is 1. The molecule has 0 aliphatic heterocycles. The van der Waals surface area contributed by atoms with E-state index in [1.165, 1.54) is 7.11 Å². The van der Waals surface area contributed by atoms with E-state index in [0.29, 0.717) is 11.1 Å². The molecule has 102 valence electrons. The van der Waals surface area contributed by atoms with Crippen molar-refractivity contribution in [1.29, 1.82) is 0 Å². The Hall–Kier alpha value is -0.553. The van der Waals surface area contributed by atoms with Gasteiger partial charge in [-0.2, -0.15) is 0 Å². The summed E-state index contributed by atoms with van der Waals surface area (Å²) in [6.07, 6.45) is 0. The largest absolute Gasteiger partial charge is 0.465 e. The third-order valence-corrected chi connectivity index (χ3v) is 10.6. The van der Waals surface area contributed by atoms with Gasteiger partial charge in [-0.05, 0) is 34.7 Å². The van der Waals surface area contributed by atoms with Crippen LogP contribution in [0.25, 0.3) is 0 Å². The van der Waals surface area contributed by atoms with Crippen molar-refractivity contribution >= 4 is 48.2 Å². The first-order valence-electron chi connectivity index (χ1n) is 5.56. The highest BCUT2D eigenvalue weighted by Crippen LogP contribution is 2.28. The van der Waals surface area contributed by atoms with Gasteiger partial charge in [0.1, 0.15) is 2.63 Å². The summed E-state index contributed by atoms with van der Waals surface area (Å²) < 4.78 is 3.88. The maximum absolute atomic E-state index is 11.6. The normalized spacial score (nSPS) is 14.0. The second kappa shape index (κ2) is 6.26. The number of hydrogen-bond acceptors (Lipinski definition) is 3. The number of carbonyl (C=O) groups is 1. The molecule has 2 N–H and O–H groups in total. The molecular weight excluding hydrogens is 393 g/mol. The molecule has 1 atom stereocenters. The third-order valence-electron chi connectivity index (χ3n) is 2.68. The van der Waals surface area contributed by atoms with E-state index < -0.39 is 16.7 Å². The quantitative estimate of drug-likeness (QED) is 0.205. The fourth-order valence-electron chi connectivity index (χ4n) is 1.19. The van der Waals surface area contributed by atoms with E-state index in [4.69, 9.17) is 22.1 Å². The Bertz CT molecular complexity index is 544. The highest BCUT2D eigenvalue weighted by Gasteiger charge is 2.39. The number of alkyl halides is 2. The van der Waals surface area contributed by atoms with Crippen LogP contribution in [0.15, 0.2) is 24.3 Å². The van der Waals surface area contributed by atoms with E-state index in [0.717, 1.165) is 0 Å². The standard InChI is InChI=1S/C13H15ClINO2Si/c1-18-12(17)11-7-5-4-6-10(11)8-9-19(2,3)13(14,15)16/h4-7H,16H2,1-3H3. The molecule has 0 saturated heterocycles. The summed E-state index contributed by atoms with van der Waals surface area (Å²) in [4.78, 5) is 11.6. The number of ether oxygens (including phenoxy) is 1. The van der Waals surface area contributed by atoms with Crippen molar-refractivity contribution in [3.05, 3.63) is 35.4 Å². The number of carbonyl (C=O) groups excluding carboxylic acids is 1. The van der Waals surface area contributed by atoms with Gasteiger partial charge in [-0.1, -0.05) is 42.7 Å². The van der Waals surface area contributed by atoms with Crippen LogP contribution in [0.5, 0.6) is 0 Å². The molecule has 0 aliphatic rings. The van der Waals surface area contributed by atoms with Gasteiger partial charge in [0.25, 0.3) is 0 Å². The number of rotatable bonds is 2. The molecule has 0 fully saturated rings. The van der Waals surface area contributed by atoms with Gasteiger partial charge < -0.3 is 10.5 Å².